The van der Waals surface area contributed by atoms with Gasteiger partial charge in [-0.15, -0.1) is 0 Å². The first-order valence-electron chi connectivity index (χ1n) is 13.4. The molecule has 4 heterocycles. The van der Waals surface area contributed by atoms with Gasteiger partial charge in [-0.05, 0) is 54.0 Å². The molecule has 0 atom stereocenters. The number of nitrogens with zero attached hydrogens (tertiary/aromatic N) is 5. The number of morpholine rings is 1. The molecule has 0 N–H and O–H groups in total. The molecular weight excluding hydrogens is 498 g/mol. The standard InChI is InChI=1S/C29H37N5O5/c1-28(2,3)38-26(35)33-12-11-20-22(18-33)30-25(32-13-15-37-16-14-32)31-24(20)21-17-34(27(36)39-29(4,5)6)23-10-8-7-9-19(21)23/h7-10,17H,11-16,18H2,1-6H3. The summed E-state index contributed by atoms with van der Waals surface area (Å²) in [4.78, 5) is 39.9. The number of rotatable bonds is 2. The highest BCUT2D eigenvalue weighted by molar-refractivity contribution is 6.00. The third-order valence-corrected chi connectivity index (χ3v) is 6.56. The van der Waals surface area contributed by atoms with Crippen LogP contribution >= 0.6 is 0 Å². The molecule has 10 heteroatoms. The van der Waals surface area contributed by atoms with E-state index >= 15 is 0 Å². The van der Waals surface area contributed by atoms with Crippen molar-refractivity contribution in [3.8, 4) is 11.3 Å². The van der Waals surface area contributed by atoms with Crippen LogP contribution in [0.25, 0.3) is 22.2 Å². The number of fused-ring (bicyclic) bond motifs is 2. The van der Waals surface area contributed by atoms with Crippen LogP contribution < -0.4 is 4.90 Å². The number of carbonyl (C=O) groups is 2. The molecule has 1 amide bonds. The minimum Gasteiger partial charge on any atom is -0.444 e. The zero-order chi connectivity index (χ0) is 27.9. The van der Waals surface area contributed by atoms with Gasteiger partial charge in [0.2, 0.25) is 5.95 Å². The largest absolute Gasteiger partial charge is 0.444 e. The average molecular weight is 536 g/mol. The van der Waals surface area contributed by atoms with Gasteiger partial charge in [-0.3, -0.25) is 4.57 Å². The maximum atomic E-state index is 13.2. The van der Waals surface area contributed by atoms with Gasteiger partial charge >= 0.3 is 12.2 Å². The minimum atomic E-state index is -0.634. The molecule has 5 rings (SSSR count). The van der Waals surface area contributed by atoms with Gasteiger partial charge in [-0.25, -0.2) is 19.6 Å². The molecule has 208 valence electrons. The van der Waals surface area contributed by atoms with E-state index < -0.39 is 17.3 Å². The second kappa shape index (κ2) is 10.1. The summed E-state index contributed by atoms with van der Waals surface area (Å²) in [5, 5.41) is 0.895. The Morgan fingerprint density at radius 1 is 0.897 bits per heavy atom. The lowest BCUT2D eigenvalue weighted by atomic mass is 9.98. The van der Waals surface area contributed by atoms with E-state index in [-0.39, 0.29) is 6.09 Å². The van der Waals surface area contributed by atoms with Gasteiger partial charge < -0.3 is 24.0 Å². The number of aromatic nitrogens is 3. The Kier molecular flexibility index (Phi) is 7.00. The number of para-hydroxylation sites is 1. The molecule has 2 aromatic heterocycles. The fourth-order valence-corrected chi connectivity index (χ4v) is 4.86. The molecule has 2 aliphatic rings. The number of hydrogen-bond acceptors (Lipinski definition) is 8. The van der Waals surface area contributed by atoms with Gasteiger partial charge in [0.25, 0.3) is 0 Å². The van der Waals surface area contributed by atoms with Crippen LogP contribution in [0.4, 0.5) is 15.5 Å². The molecule has 10 nitrogen and oxygen atoms in total. The summed E-state index contributed by atoms with van der Waals surface area (Å²) in [6.07, 6.45) is 1.57. The van der Waals surface area contributed by atoms with Crippen molar-refractivity contribution in [2.24, 2.45) is 0 Å². The predicted molar refractivity (Wildman–Crippen MR) is 148 cm³/mol. The maximum absolute atomic E-state index is 13.2. The van der Waals surface area contributed by atoms with Gasteiger partial charge in [0.15, 0.2) is 0 Å². The van der Waals surface area contributed by atoms with E-state index in [1.165, 1.54) is 0 Å². The molecule has 0 saturated carbocycles. The first-order chi connectivity index (χ1) is 18.4. The van der Waals surface area contributed by atoms with Crippen LogP contribution in [-0.4, -0.2) is 75.7 Å². The van der Waals surface area contributed by atoms with E-state index in [1.807, 2.05) is 72.0 Å². The minimum absolute atomic E-state index is 0.321. The molecule has 0 spiro atoms. The van der Waals surface area contributed by atoms with Crippen molar-refractivity contribution >= 4 is 29.0 Å². The van der Waals surface area contributed by atoms with Crippen LogP contribution in [0.15, 0.2) is 30.5 Å². The summed E-state index contributed by atoms with van der Waals surface area (Å²) in [5.41, 5.74) is 2.88. The summed E-state index contributed by atoms with van der Waals surface area (Å²) >= 11 is 0. The third kappa shape index (κ3) is 5.85. The normalized spacial score (nSPS) is 16.3. The SMILES string of the molecule is CC(C)(C)OC(=O)N1CCc2c(nc(N3CCOCC3)nc2-c2cn(C(=O)OC(C)(C)C)c3ccccc23)C1. The summed E-state index contributed by atoms with van der Waals surface area (Å²) in [6.45, 7) is 14.5. The highest BCUT2D eigenvalue weighted by Gasteiger charge is 2.31. The number of hydrogen-bond donors (Lipinski definition) is 0. The van der Waals surface area contributed by atoms with Crippen molar-refractivity contribution in [3.63, 3.8) is 0 Å². The molecule has 1 fully saturated rings. The van der Waals surface area contributed by atoms with E-state index in [0.717, 1.165) is 33.4 Å². The fourth-order valence-electron chi connectivity index (χ4n) is 4.86. The van der Waals surface area contributed by atoms with Crippen LogP contribution in [0, 0.1) is 0 Å². The first-order valence-corrected chi connectivity index (χ1v) is 13.4. The molecule has 0 radical (unpaired) electrons. The Hall–Kier alpha value is -3.66. The van der Waals surface area contributed by atoms with Crippen LogP contribution in [0.5, 0.6) is 0 Å². The first kappa shape index (κ1) is 26.9. The van der Waals surface area contributed by atoms with Crippen molar-refractivity contribution in [2.75, 3.05) is 37.7 Å². The summed E-state index contributed by atoms with van der Waals surface area (Å²) in [6, 6.07) is 7.75. The molecule has 1 saturated heterocycles. The Bertz CT molecular complexity index is 1400. The van der Waals surface area contributed by atoms with Gasteiger partial charge in [-0.1, -0.05) is 18.2 Å². The van der Waals surface area contributed by atoms with Crippen molar-refractivity contribution in [1.29, 1.82) is 0 Å². The van der Waals surface area contributed by atoms with E-state index in [2.05, 4.69) is 4.90 Å². The van der Waals surface area contributed by atoms with Crippen molar-refractivity contribution in [2.45, 2.75) is 65.7 Å². The molecule has 39 heavy (non-hydrogen) atoms. The number of benzene rings is 1. The molecule has 3 aromatic rings. The van der Waals surface area contributed by atoms with Crippen molar-refractivity contribution < 1.29 is 23.8 Å². The van der Waals surface area contributed by atoms with Crippen LogP contribution in [0.2, 0.25) is 0 Å². The smallest absolute Gasteiger partial charge is 0.419 e. The fraction of sp³-hybridized carbons (Fsp3) is 0.517. The highest BCUT2D eigenvalue weighted by Crippen LogP contribution is 2.36. The van der Waals surface area contributed by atoms with Gasteiger partial charge in [-0.2, -0.15) is 0 Å². The van der Waals surface area contributed by atoms with Crippen molar-refractivity contribution in [1.82, 2.24) is 19.4 Å². The number of ether oxygens (including phenoxy) is 3. The Morgan fingerprint density at radius 2 is 1.56 bits per heavy atom. The van der Waals surface area contributed by atoms with Gasteiger partial charge in [0.05, 0.1) is 36.7 Å². The van der Waals surface area contributed by atoms with Crippen molar-refractivity contribution in [3.05, 3.63) is 41.7 Å². The second-order valence-corrected chi connectivity index (χ2v) is 12.0. The molecule has 1 aromatic carbocycles. The molecular formula is C29H37N5O5. The second-order valence-electron chi connectivity index (χ2n) is 12.0. The summed E-state index contributed by atoms with van der Waals surface area (Å²) in [5.74, 6) is 0.590. The van der Waals surface area contributed by atoms with E-state index in [0.29, 0.717) is 51.8 Å². The molecule has 0 unspecified atom stereocenters. The van der Waals surface area contributed by atoms with Crippen LogP contribution in [-0.2, 0) is 27.2 Å². The zero-order valence-corrected chi connectivity index (χ0v) is 23.6. The third-order valence-electron chi connectivity index (χ3n) is 6.56. The monoisotopic (exact) mass is 535 g/mol. The quantitative estimate of drug-likeness (QED) is 0.452. The molecule has 0 aliphatic carbocycles. The lowest BCUT2D eigenvalue weighted by Gasteiger charge is -2.33. The summed E-state index contributed by atoms with van der Waals surface area (Å²) in [7, 11) is 0. The van der Waals surface area contributed by atoms with E-state index in [9.17, 15) is 9.59 Å². The molecule has 0 bridgehead atoms. The number of amides is 1. The highest BCUT2D eigenvalue weighted by atomic mass is 16.6. The van der Waals surface area contributed by atoms with Crippen LogP contribution in [0.1, 0.15) is 52.8 Å². The van der Waals surface area contributed by atoms with Gasteiger partial charge in [0, 0.05) is 42.3 Å². The van der Waals surface area contributed by atoms with Crippen LogP contribution in [0.3, 0.4) is 0 Å². The summed E-state index contributed by atoms with van der Waals surface area (Å²) < 4.78 is 18.4. The van der Waals surface area contributed by atoms with Gasteiger partial charge in [0.1, 0.15) is 11.2 Å². The number of carbonyl (C=O) groups excluding carboxylic acids is 2. The number of anilines is 1. The Balaban J connectivity index is 1.62. The topological polar surface area (TPSA) is 99.0 Å². The Morgan fingerprint density at radius 3 is 2.26 bits per heavy atom. The molecule has 2 aliphatic heterocycles. The lowest BCUT2D eigenvalue weighted by Crippen LogP contribution is -2.41. The van der Waals surface area contributed by atoms with E-state index in [1.54, 1.807) is 9.47 Å². The van der Waals surface area contributed by atoms with E-state index in [4.69, 9.17) is 24.2 Å². The lowest BCUT2D eigenvalue weighted by molar-refractivity contribution is 0.0220. The Labute approximate surface area is 228 Å². The maximum Gasteiger partial charge on any atom is 0.419 e. The average Bonchev–Trinajstić information content (AvgIpc) is 3.26. The predicted octanol–water partition coefficient (Wildman–Crippen LogP) is 5.01. The zero-order valence-electron chi connectivity index (χ0n) is 23.6.